The van der Waals surface area contributed by atoms with Gasteiger partial charge in [0.25, 0.3) is 5.78 Å². The Labute approximate surface area is 109 Å². The van der Waals surface area contributed by atoms with Crippen molar-refractivity contribution in [3.63, 3.8) is 0 Å². The largest absolute Gasteiger partial charge is 0.253 e. The van der Waals surface area contributed by atoms with Crippen LogP contribution in [0.1, 0.15) is 11.3 Å². The van der Waals surface area contributed by atoms with Gasteiger partial charge in [0.1, 0.15) is 0 Å². The lowest BCUT2D eigenvalue weighted by molar-refractivity contribution is 0.875. The summed E-state index contributed by atoms with van der Waals surface area (Å²) in [4.78, 5) is 8.72. The average molecular weight is 256 g/mol. The summed E-state index contributed by atoms with van der Waals surface area (Å²) < 4.78 is 1.71. The van der Waals surface area contributed by atoms with Crippen LogP contribution in [-0.4, -0.2) is 19.6 Å². The summed E-state index contributed by atoms with van der Waals surface area (Å²) in [5.74, 6) is 1.53. The highest BCUT2D eigenvalue weighted by Gasteiger charge is 2.05. The molecule has 0 spiro atoms. The fourth-order valence-corrected chi connectivity index (χ4v) is 2.41. The zero-order valence-electron chi connectivity index (χ0n) is 9.95. The molecule has 0 aliphatic carbocycles. The molecule has 0 aliphatic rings. The average Bonchev–Trinajstić information content (AvgIpc) is 2.79. The predicted molar refractivity (Wildman–Crippen MR) is 71.5 cm³/mol. The molecule has 0 radical (unpaired) electrons. The van der Waals surface area contributed by atoms with Gasteiger partial charge in [0, 0.05) is 17.6 Å². The van der Waals surface area contributed by atoms with Gasteiger partial charge < -0.3 is 0 Å². The normalized spacial score (nSPS) is 10.9. The van der Waals surface area contributed by atoms with Crippen LogP contribution in [0.3, 0.4) is 0 Å². The van der Waals surface area contributed by atoms with E-state index in [0.29, 0.717) is 5.78 Å². The summed E-state index contributed by atoms with van der Waals surface area (Å²) >= 11 is 1.62. The van der Waals surface area contributed by atoms with Crippen molar-refractivity contribution in [2.24, 2.45) is 0 Å². The minimum absolute atomic E-state index is 0.658. The van der Waals surface area contributed by atoms with Crippen LogP contribution in [0.2, 0.25) is 0 Å². The molecule has 90 valence electrons. The number of hydrogen-bond donors (Lipinski definition) is 0. The van der Waals surface area contributed by atoms with Crippen LogP contribution in [0.15, 0.2) is 47.8 Å². The Balaban J connectivity index is 1.79. The maximum absolute atomic E-state index is 4.39. The van der Waals surface area contributed by atoms with E-state index < -0.39 is 0 Å². The Hall–Kier alpha value is -1.88. The minimum Gasteiger partial charge on any atom is -0.216 e. The van der Waals surface area contributed by atoms with E-state index in [9.17, 15) is 0 Å². The number of aromatic nitrogens is 4. The zero-order valence-corrected chi connectivity index (χ0v) is 10.8. The Morgan fingerprint density at radius 3 is 2.78 bits per heavy atom. The van der Waals surface area contributed by atoms with E-state index in [1.165, 1.54) is 5.56 Å². The van der Waals surface area contributed by atoms with Gasteiger partial charge in [-0.1, -0.05) is 42.1 Å². The van der Waals surface area contributed by atoms with Crippen LogP contribution >= 0.6 is 11.8 Å². The molecule has 4 nitrogen and oxygen atoms in total. The molecule has 0 saturated heterocycles. The molecule has 3 rings (SSSR count). The second-order valence-corrected chi connectivity index (χ2v) is 4.92. The number of nitrogens with zero attached hydrogens (tertiary/aromatic N) is 4. The molecule has 3 aromatic rings. The first-order chi connectivity index (χ1) is 8.81. The SMILES string of the molecule is Cc1ccn2nc(SCc3ccccc3)nc2n1. The molecule has 5 heteroatoms. The summed E-state index contributed by atoms with van der Waals surface area (Å²) in [6, 6.07) is 12.2. The first-order valence-corrected chi connectivity index (χ1v) is 6.66. The Kier molecular flexibility index (Phi) is 2.98. The molecular weight excluding hydrogens is 244 g/mol. The van der Waals surface area contributed by atoms with E-state index in [4.69, 9.17) is 0 Å². The van der Waals surface area contributed by atoms with Gasteiger partial charge >= 0.3 is 0 Å². The summed E-state index contributed by atoms with van der Waals surface area (Å²) in [5.41, 5.74) is 2.22. The number of aryl methyl sites for hydroxylation is 1. The summed E-state index contributed by atoms with van der Waals surface area (Å²) in [7, 11) is 0. The number of rotatable bonds is 3. The fourth-order valence-electron chi connectivity index (χ4n) is 1.63. The highest BCUT2D eigenvalue weighted by molar-refractivity contribution is 7.98. The molecule has 2 heterocycles. The van der Waals surface area contributed by atoms with Gasteiger partial charge in [-0.3, -0.25) is 0 Å². The standard InChI is InChI=1S/C13H12N4S/c1-10-7-8-17-12(14-10)15-13(16-17)18-9-11-5-3-2-4-6-11/h2-8H,9H2,1H3. The summed E-state index contributed by atoms with van der Waals surface area (Å²) in [6.45, 7) is 1.95. The first-order valence-electron chi connectivity index (χ1n) is 5.68. The third-order valence-electron chi connectivity index (χ3n) is 2.54. The molecular formula is C13H12N4S. The molecule has 0 aliphatic heterocycles. The van der Waals surface area contributed by atoms with E-state index in [2.05, 4.69) is 27.2 Å². The van der Waals surface area contributed by atoms with E-state index in [1.54, 1.807) is 16.3 Å². The smallest absolute Gasteiger partial charge is 0.216 e. The molecule has 18 heavy (non-hydrogen) atoms. The third kappa shape index (κ3) is 2.36. The van der Waals surface area contributed by atoms with Gasteiger partial charge in [0.15, 0.2) is 0 Å². The van der Waals surface area contributed by atoms with Crippen molar-refractivity contribution >= 4 is 17.5 Å². The second kappa shape index (κ2) is 4.78. The maximum atomic E-state index is 4.39. The van der Waals surface area contributed by atoms with Crippen molar-refractivity contribution < 1.29 is 0 Å². The third-order valence-corrected chi connectivity index (χ3v) is 3.45. The molecule has 0 N–H and O–H groups in total. The fraction of sp³-hybridized carbons (Fsp3) is 0.154. The van der Waals surface area contributed by atoms with Crippen LogP contribution < -0.4 is 0 Å². The quantitative estimate of drug-likeness (QED) is 0.676. The monoisotopic (exact) mass is 256 g/mol. The lowest BCUT2D eigenvalue weighted by Gasteiger charge is -1.96. The molecule has 0 bridgehead atoms. The first kappa shape index (κ1) is 11.2. The molecule has 0 saturated carbocycles. The van der Waals surface area contributed by atoms with Crippen LogP contribution in [0.4, 0.5) is 0 Å². The minimum atomic E-state index is 0.658. The lowest BCUT2D eigenvalue weighted by atomic mass is 10.2. The summed E-state index contributed by atoms with van der Waals surface area (Å²) in [6.07, 6.45) is 1.89. The van der Waals surface area contributed by atoms with Crippen molar-refractivity contribution in [3.05, 3.63) is 53.9 Å². The predicted octanol–water partition coefficient (Wildman–Crippen LogP) is 2.73. The van der Waals surface area contributed by atoms with Gasteiger partial charge in [-0.2, -0.15) is 4.98 Å². The van der Waals surface area contributed by atoms with E-state index >= 15 is 0 Å². The van der Waals surface area contributed by atoms with Crippen LogP contribution in [0.5, 0.6) is 0 Å². The highest BCUT2D eigenvalue weighted by atomic mass is 32.2. The Morgan fingerprint density at radius 2 is 1.94 bits per heavy atom. The van der Waals surface area contributed by atoms with Crippen LogP contribution in [0, 0.1) is 6.92 Å². The Bertz CT molecular complexity index is 663. The van der Waals surface area contributed by atoms with E-state index in [1.807, 2.05) is 37.4 Å². The van der Waals surface area contributed by atoms with Crippen molar-refractivity contribution in [2.45, 2.75) is 17.8 Å². The van der Waals surface area contributed by atoms with Gasteiger partial charge in [-0.25, -0.2) is 9.50 Å². The number of fused-ring (bicyclic) bond motifs is 1. The maximum Gasteiger partial charge on any atom is 0.253 e. The highest BCUT2D eigenvalue weighted by Crippen LogP contribution is 2.19. The van der Waals surface area contributed by atoms with Gasteiger partial charge in [0.2, 0.25) is 5.16 Å². The second-order valence-electron chi connectivity index (χ2n) is 3.98. The van der Waals surface area contributed by atoms with Crippen LogP contribution in [-0.2, 0) is 5.75 Å². The zero-order chi connectivity index (χ0) is 12.4. The number of thioether (sulfide) groups is 1. The van der Waals surface area contributed by atoms with Crippen LogP contribution in [0.25, 0.3) is 5.78 Å². The van der Waals surface area contributed by atoms with Crippen molar-refractivity contribution in [3.8, 4) is 0 Å². The van der Waals surface area contributed by atoms with Crippen molar-refractivity contribution in [2.75, 3.05) is 0 Å². The molecule has 1 aromatic carbocycles. The van der Waals surface area contributed by atoms with Gasteiger partial charge in [0.05, 0.1) is 0 Å². The lowest BCUT2D eigenvalue weighted by Crippen LogP contribution is -1.90. The van der Waals surface area contributed by atoms with Crippen molar-refractivity contribution in [1.82, 2.24) is 19.6 Å². The molecule has 0 fully saturated rings. The molecule has 2 aromatic heterocycles. The Morgan fingerprint density at radius 1 is 1.11 bits per heavy atom. The van der Waals surface area contributed by atoms with Crippen molar-refractivity contribution in [1.29, 1.82) is 0 Å². The summed E-state index contributed by atoms with van der Waals surface area (Å²) in [5, 5.41) is 5.14. The number of benzene rings is 1. The topological polar surface area (TPSA) is 43.1 Å². The molecule has 0 amide bonds. The van der Waals surface area contributed by atoms with E-state index in [0.717, 1.165) is 16.6 Å². The van der Waals surface area contributed by atoms with E-state index in [-0.39, 0.29) is 0 Å². The van der Waals surface area contributed by atoms with Gasteiger partial charge in [-0.05, 0) is 18.6 Å². The molecule has 0 atom stereocenters. The number of hydrogen-bond acceptors (Lipinski definition) is 4. The molecule has 0 unspecified atom stereocenters. The van der Waals surface area contributed by atoms with Gasteiger partial charge in [-0.15, -0.1) is 5.10 Å².